The summed E-state index contributed by atoms with van der Waals surface area (Å²) in [5.41, 5.74) is 2.59. The Kier molecular flexibility index (Phi) is 7.94. The molecule has 170 valence electrons. The highest BCUT2D eigenvalue weighted by molar-refractivity contribution is 5.95. The van der Waals surface area contributed by atoms with E-state index in [1.807, 2.05) is 25.1 Å². The summed E-state index contributed by atoms with van der Waals surface area (Å²) in [5.74, 6) is -2.58. The van der Waals surface area contributed by atoms with Gasteiger partial charge in [-0.2, -0.15) is 0 Å². The molecular weight excluding hydrogens is 420 g/mol. The number of aliphatic hydroxyl groups excluding tert-OH is 1. The third-order valence-corrected chi connectivity index (χ3v) is 5.20. The van der Waals surface area contributed by atoms with Crippen molar-refractivity contribution < 1.29 is 24.6 Å². The van der Waals surface area contributed by atoms with E-state index in [2.05, 4.69) is 10.6 Å². The van der Waals surface area contributed by atoms with Gasteiger partial charge in [-0.3, -0.25) is 9.59 Å². The molecule has 0 spiro atoms. The number of aryl methyl sites for hydroxylation is 1. The molecule has 0 aromatic heterocycles. The molecule has 0 fully saturated rings. The van der Waals surface area contributed by atoms with Crippen molar-refractivity contribution in [1.29, 1.82) is 0 Å². The fraction of sp³-hybridized carbons (Fsp3) is 0.192. The van der Waals surface area contributed by atoms with Gasteiger partial charge in [0, 0.05) is 12.0 Å². The first-order chi connectivity index (χ1) is 15.8. The van der Waals surface area contributed by atoms with E-state index in [-0.39, 0.29) is 6.42 Å². The number of carboxylic acid groups (broad SMARTS) is 1. The van der Waals surface area contributed by atoms with Crippen molar-refractivity contribution in [3.05, 3.63) is 107 Å². The van der Waals surface area contributed by atoms with Crippen molar-refractivity contribution in [3.63, 3.8) is 0 Å². The van der Waals surface area contributed by atoms with Gasteiger partial charge in [-0.15, -0.1) is 0 Å². The molecule has 0 saturated carbocycles. The second-order valence-corrected chi connectivity index (χ2v) is 7.77. The van der Waals surface area contributed by atoms with Crippen LogP contribution in [0.2, 0.25) is 0 Å². The molecule has 7 heteroatoms. The quantitative estimate of drug-likeness (QED) is 0.403. The number of carbonyl (C=O) groups excluding carboxylic acids is 2. The number of hydrogen-bond acceptors (Lipinski definition) is 4. The molecule has 3 aromatic carbocycles. The van der Waals surface area contributed by atoms with Gasteiger partial charge in [-0.25, -0.2) is 4.79 Å². The fourth-order valence-electron chi connectivity index (χ4n) is 3.50. The Labute approximate surface area is 192 Å². The standard InChI is InChI=1S/C26H26N2O5/c1-17-9-8-10-18(15-17)16-21(26(32)33)27-25(31)23(29)22(19-11-4-2-5-12-19)28-24(30)20-13-6-3-7-14-20/h2-15,21-23,29H,16H2,1H3,(H,27,31)(H,28,30)(H,32,33)/t21-,22-,23+/m0/s1. The fourth-order valence-corrected chi connectivity index (χ4v) is 3.50. The molecule has 3 rings (SSSR count). The van der Waals surface area contributed by atoms with Gasteiger partial charge in [0.1, 0.15) is 6.04 Å². The summed E-state index contributed by atoms with van der Waals surface area (Å²) in [4.78, 5) is 37.4. The molecule has 0 unspecified atom stereocenters. The van der Waals surface area contributed by atoms with Crippen molar-refractivity contribution in [1.82, 2.24) is 10.6 Å². The molecule has 0 radical (unpaired) electrons. The first-order valence-electron chi connectivity index (χ1n) is 10.5. The average Bonchev–Trinajstić information content (AvgIpc) is 2.82. The van der Waals surface area contributed by atoms with Crippen LogP contribution >= 0.6 is 0 Å². The maximum atomic E-state index is 12.9. The zero-order chi connectivity index (χ0) is 23.8. The molecular formula is C26H26N2O5. The van der Waals surface area contributed by atoms with Crippen LogP contribution in [0.4, 0.5) is 0 Å². The third-order valence-electron chi connectivity index (χ3n) is 5.20. The summed E-state index contributed by atoms with van der Waals surface area (Å²) in [6.07, 6.45) is -1.65. The van der Waals surface area contributed by atoms with E-state index in [1.54, 1.807) is 66.7 Å². The smallest absolute Gasteiger partial charge is 0.326 e. The van der Waals surface area contributed by atoms with E-state index in [9.17, 15) is 24.6 Å². The van der Waals surface area contributed by atoms with Crippen molar-refractivity contribution >= 4 is 17.8 Å². The number of benzene rings is 3. The van der Waals surface area contributed by atoms with Gasteiger partial charge >= 0.3 is 5.97 Å². The van der Waals surface area contributed by atoms with Gasteiger partial charge in [0.25, 0.3) is 11.8 Å². The summed E-state index contributed by atoms with van der Waals surface area (Å²) in [6, 6.07) is 22.0. The Hall–Kier alpha value is -3.97. The summed E-state index contributed by atoms with van der Waals surface area (Å²) in [6.45, 7) is 1.89. The molecule has 0 bridgehead atoms. The molecule has 0 aliphatic carbocycles. The molecule has 4 N–H and O–H groups in total. The van der Waals surface area contributed by atoms with Gasteiger partial charge in [0.2, 0.25) is 0 Å². The largest absolute Gasteiger partial charge is 0.480 e. The minimum Gasteiger partial charge on any atom is -0.480 e. The monoisotopic (exact) mass is 446 g/mol. The highest BCUT2D eigenvalue weighted by Crippen LogP contribution is 2.19. The summed E-state index contributed by atoms with van der Waals surface area (Å²) in [7, 11) is 0. The van der Waals surface area contributed by atoms with E-state index in [1.165, 1.54) is 0 Å². The number of nitrogens with one attached hydrogen (secondary N) is 2. The number of aliphatic hydroxyl groups is 1. The highest BCUT2D eigenvalue weighted by atomic mass is 16.4. The zero-order valence-corrected chi connectivity index (χ0v) is 18.1. The number of hydrogen-bond donors (Lipinski definition) is 4. The first kappa shape index (κ1) is 23.7. The summed E-state index contributed by atoms with van der Waals surface area (Å²) in [5, 5.41) is 25.6. The number of carboxylic acids is 1. The second-order valence-electron chi connectivity index (χ2n) is 7.77. The maximum absolute atomic E-state index is 12.9. The van der Waals surface area contributed by atoms with Crippen molar-refractivity contribution in [2.24, 2.45) is 0 Å². The van der Waals surface area contributed by atoms with Gasteiger partial charge < -0.3 is 20.8 Å². The van der Waals surface area contributed by atoms with E-state index < -0.39 is 36.0 Å². The van der Waals surface area contributed by atoms with Crippen LogP contribution in [-0.2, 0) is 16.0 Å². The van der Waals surface area contributed by atoms with Crippen molar-refractivity contribution in [2.45, 2.75) is 31.5 Å². The minimum absolute atomic E-state index is 0.0574. The lowest BCUT2D eigenvalue weighted by Crippen LogP contribution is -2.50. The van der Waals surface area contributed by atoms with Crippen LogP contribution in [0.1, 0.15) is 33.1 Å². The second kappa shape index (κ2) is 11.1. The Morgan fingerprint density at radius 3 is 2.09 bits per heavy atom. The van der Waals surface area contributed by atoms with Crippen molar-refractivity contribution in [2.75, 3.05) is 0 Å². The predicted octanol–water partition coefficient (Wildman–Crippen LogP) is 2.64. The topological polar surface area (TPSA) is 116 Å². The molecule has 7 nitrogen and oxygen atoms in total. The third kappa shape index (κ3) is 6.51. The van der Waals surface area contributed by atoms with E-state index in [4.69, 9.17) is 0 Å². The predicted molar refractivity (Wildman–Crippen MR) is 124 cm³/mol. The summed E-state index contributed by atoms with van der Waals surface area (Å²) >= 11 is 0. The zero-order valence-electron chi connectivity index (χ0n) is 18.1. The molecule has 0 heterocycles. The van der Waals surface area contributed by atoms with Crippen LogP contribution in [0.15, 0.2) is 84.9 Å². The van der Waals surface area contributed by atoms with Crippen LogP contribution in [-0.4, -0.2) is 40.1 Å². The number of rotatable bonds is 9. The Morgan fingerprint density at radius 2 is 1.48 bits per heavy atom. The van der Waals surface area contributed by atoms with Crippen LogP contribution in [0, 0.1) is 6.92 Å². The maximum Gasteiger partial charge on any atom is 0.326 e. The van der Waals surface area contributed by atoms with Gasteiger partial charge in [-0.05, 0) is 30.2 Å². The first-order valence-corrected chi connectivity index (χ1v) is 10.5. The average molecular weight is 447 g/mol. The lowest BCUT2D eigenvalue weighted by atomic mass is 9.99. The van der Waals surface area contributed by atoms with E-state index >= 15 is 0 Å². The lowest BCUT2D eigenvalue weighted by Gasteiger charge is -2.25. The molecule has 0 saturated heterocycles. The number of carbonyl (C=O) groups is 3. The molecule has 3 aromatic rings. The number of amides is 2. The number of aliphatic carboxylic acids is 1. The van der Waals surface area contributed by atoms with Gasteiger partial charge in [0.15, 0.2) is 6.10 Å². The lowest BCUT2D eigenvalue weighted by molar-refractivity contribution is -0.143. The Morgan fingerprint density at radius 1 is 0.848 bits per heavy atom. The van der Waals surface area contributed by atoms with Crippen molar-refractivity contribution in [3.8, 4) is 0 Å². The Bertz CT molecular complexity index is 1100. The molecule has 0 aliphatic rings. The minimum atomic E-state index is -1.71. The normalized spacial score (nSPS) is 13.4. The SMILES string of the molecule is Cc1cccc(C[C@H](NC(=O)[C@H](O)[C@@H](NC(=O)c2ccccc2)c2ccccc2)C(=O)O)c1. The van der Waals surface area contributed by atoms with Crippen LogP contribution in [0.5, 0.6) is 0 Å². The highest BCUT2D eigenvalue weighted by Gasteiger charge is 2.32. The van der Waals surface area contributed by atoms with Crippen LogP contribution < -0.4 is 10.6 Å². The summed E-state index contributed by atoms with van der Waals surface area (Å²) < 4.78 is 0. The Balaban J connectivity index is 1.79. The van der Waals surface area contributed by atoms with Crippen LogP contribution in [0.3, 0.4) is 0 Å². The van der Waals surface area contributed by atoms with Gasteiger partial charge in [0.05, 0.1) is 6.04 Å². The van der Waals surface area contributed by atoms with Gasteiger partial charge in [-0.1, -0.05) is 78.4 Å². The van der Waals surface area contributed by atoms with E-state index in [0.29, 0.717) is 11.1 Å². The molecule has 0 aliphatic heterocycles. The van der Waals surface area contributed by atoms with E-state index in [0.717, 1.165) is 11.1 Å². The molecule has 2 amide bonds. The molecule has 33 heavy (non-hydrogen) atoms. The van der Waals surface area contributed by atoms with Crippen LogP contribution in [0.25, 0.3) is 0 Å². The molecule has 3 atom stereocenters.